The van der Waals surface area contributed by atoms with Gasteiger partial charge in [-0.3, -0.25) is 9.59 Å². The molecule has 2 atom stereocenters. The molecule has 6 heteroatoms. The summed E-state index contributed by atoms with van der Waals surface area (Å²) in [6.07, 6.45) is 0.636. The lowest BCUT2D eigenvalue weighted by Crippen LogP contribution is -2.26. The molecule has 0 aliphatic heterocycles. The molecule has 1 N–H and O–H groups in total. The minimum Gasteiger partial charge on any atom is -0.489 e. The molecule has 1 aromatic heterocycles. The van der Waals surface area contributed by atoms with E-state index in [1.807, 2.05) is 78.9 Å². The number of aromatic nitrogens is 1. The third-order valence-electron chi connectivity index (χ3n) is 6.76. The number of carbonyl (C=O) groups excluding carboxylic acids is 1. The summed E-state index contributed by atoms with van der Waals surface area (Å²) in [5.74, 6) is -1.40. The number of hydrogen-bond donors (Lipinski definition) is 1. The van der Waals surface area contributed by atoms with Crippen molar-refractivity contribution in [2.75, 3.05) is 6.61 Å². The summed E-state index contributed by atoms with van der Waals surface area (Å²) in [4.78, 5) is 28.8. The Morgan fingerprint density at radius 2 is 1.72 bits per heavy atom. The third kappa shape index (κ3) is 4.67. The smallest absolute Gasteiger partial charge is 0.313 e. The van der Waals surface area contributed by atoms with E-state index in [0.29, 0.717) is 25.2 Å². The fraction of sp³-hybridized carbons (Fsp3) is 0.233. The van der Waals surface area contributed by atoms with Gasteiger partial charge in [0, 0.05) is 16.5 Å². The standard InChI is InChI=1S/C30H27NO5/c1-2-35-29(34)30(18-25(30)28(32)33)17-20-12-14-23(15-13-20)36-19-22-16-27(21-8-4-3-5-9-21)31-26-11-7-6-10-24(22)26/h3-16,25H,2,17-19H2,1H3,(H,32,33). The summed E-state index contributed by atoms with van der Waals surface area (Å²) in [6, 6.07) is 27.6. The molecule has 6 nitrogen and oxygen atoms in total. The van der Waals surface area contributed by atoms with Crippen molar-refractivity contribution in [3.63, 3.8) is 0 Å². The minimum absolute atomic E-state index is 0.232. The number of esters is 1. The molecule has 0 radical (unpaired) electrons. The van der Waals surface area contributed by atoms with E-state index in [0.717, 1.165) is 33.3 Å². The van der Waals surface area contributed by atoms with Gasteiger partial charge in [-0.05, 0) is 49.6 Å². The van der Waals surface area contributed by atoms with Crippen LogP contribution in [0.5, 0.6) is 5.75 Å². The first-order chi connectivity index (χ1) is 17.5. The molecule has 5 rings (SSSR count). The lowest BCUT2D eigenvalue weighted by atomic mass is 9.94. The molecule has 0 bridgehead atoms. The van der Waals surface area contributed by atoms with Crippen molar-refractivity contribution in [3.8, 4) is 17.0 Å². The molecular formula is C30H27NO5. The SMILES string of the molecule is CCOC(=O)C1(Cc2ccc(OCc3cc(-c4ccccc4)nc4ccccc34)cc2)CC1C(=O)O. The van der Waals surface area contributed by atoms with Crippen LogP contribution in [0.2, 0.25) is 0 Å². The predicted octanol–water partition coefficient (Wildman–Crippen LogP) is 5.68. The topological polar surface area (TPSA) is 85.7 Å². The summed E-state index contributed by atoms with van der Waals surface area (Å²) < 4.78 is 11.3. The number of ether oxygens (including phenoxy) is 2. The Morgan fingerprint density at radius 3 is 2.42 bits per heavy atom. The molecule has 0 amide bonds. The number of rotatable bonds is 9. The Morgan fingerprint density at radius 1 is 1.00 bits per heavy atom. The highest BCUT2D eigenvalue weighted by molar-refractivity contribution is 5.90. The zero-order valence-electron chi connectivity index (χ0n) is 20.0. The number of carboxylic acids is 1. The highest BCUT2D eigenvalue weighted by Gasteiger charge is 2.64. The monoisotopic (exact) mass is 481 g/mol. The van der Waals surface area contributed by atoms with Gasteiger partial charge in [-0.1, -0.05) is 60.7 Å². The molecule has 1 fully saturated rings. The molecule has 1 aliphatic carbocycles. The van der Waals surface area contributed by atoms with E-state index in [1.54, 1.807) is 6.92 Å². The van der Waals surface area contributed by atoms with Crippen molar-refractivity contribution in [2.45, 2.75) is 26.4 Å². The summed E-state index contributed by atoms with van der Waals surface area (Å²) in [7, 11) is 0. The molecule has 1 saturated carbocycles. The number of fused-ring (bicyclic) bond motifs is 1. The molecule has 36 heavy (non-hydrogen) atoms. The van der Waals surface area contributed by atoms with Crippen molar-refractivity contribution in [2.24, 2.45) is 11.3 Å². The molecule has 0 spiro atoms. The summed E-state index contributed by atoms with van der Waals surface area (Å²) in [6.45, 7) is 2.33. The van der Waals surface area contributed by atoms with Crippen LogP contribution in [0, 0.1) is 11.3 Å². The third-order valence-corrected chi connectivity index (χ3v) is 6.76. The van der Waals surface area contributed by atoms with Gasteiger partial charge in [0.1, 0.15) is 12.4 Å². The molecular weight excluding hydrogens is 454 g/mol. The number of carboxylic acid groups (broad SMARTS) is 1. The van der Waals surface area contributed by atoms with Gasteiger partial charge < -0.3 is 14.6 Å². The van der Waals surface area contributed by atoms with E-state index in [9.17, 15) is 14.7 Å². The van der Waals surface area contributed by atoms with Crippen LogP contribution < -0.4 is 4.74 Å². The number of carbonyl (C=O) groups is 2. The molecule has 1 aliphatic rings. The van der Waals surface area contributed by atoms with E-state index in [2.05, 4.69) is 6.07 Å². The van der Waals surface area contributed by atoms with Crippen molar-refractivity contribution in [1.29, 1.82) is 0 Å². The number of benzene rings is 3. The zero-order valence-corrected chi connectivity index (χ0v) is 20.0. The van der Waals surface area contributed by atoms with Crippen LogP contribution in [0.4, 0.5) is 0 Å². The number of para-hydroxylation sites is 1. The van der Waals surface area contributed by atoms with Gasteiger partial charge in [-0.25, -0.2) is 4.98 Å². The molecule has 1 heterocycles. The van der Waals surface area contributed by atoms with Crippen molar-refractivity contribution in [1.82, 2.24) is 4.98 Å². The highest BCUT2D eigenvalue weighted by atomic mass is 16.5. The maximum atomic E-state index is 12.5. The van der Waals surface area contributed by atoms with Gasteiger partial charge in [-0.2, -0.15) is 0 Å². The quantitative estimate of drug-likeness (QED) is 0.310. The van der Waals surface area contributed by atoms with Gasteiger partial charge in [0.25, 0.3) is 0 Å². The summed E-state index contributed by atoms with van der Waals surface area (Å²) in [5, 5.41) is 10.5. The predicted molar refractivity (Wildman–Crippen MR) is 136 cm³/mol. The first-order valence-electron chi connectivity index (χ1n) is 12.1. The normalized spacial score (nSPS) is 18.5. The first kappa shape index (κ1) is 23.5. The van der Waals surface area contributed by atoms with Crippen molar-refractivity contribution in [3.05, 3.63) is 96.1 Å². The van der Waals surface area contributed by atoms with E-state index in [4.69, 9.17) is 14.5 Å². The number of hydrogen-bond acceptors (Lipinski definition) is 5. The average Bonchev–Trinajstić information content (AvgIpc) is 3.64. The minimum atomic E-state index is -0.978. The molecule has 4 aromatic rings. The lowest BCUT2D eigenvalue weighted by molar-refractivity contribution is -0.153. The van der Waals surface area contributed by atoms with Gasteiger partial charge in [0.2, 0.25) is 0 Å². The molecule has 0 saturated heterocycles. The Labute approximate surface area is 209 Å². The Hall–Kier alpha value is -4.19. The van der Waals surface area contributed by atoms with Gasteiger partial charge in [0.05, 0.1) is 29.2 Å². The average molecular weight is 482 g/mol. The first-order valence-corrected chi connectivity index (χ1v) is 12.1. The van der Waals surface area contributed by atoms with E-state index < -0.39 is 23.3 Å². The number of pyridine rings is 1. The van der Waals surface area contributed by atoms with E-state index in [-0.39, 0.29) is 6.61 Å². The fourth-order valence-electron chi connectivity index (χ4n) is 4.75. The van der Waals surface area contributed by atoms with Crippen molar-refractivity contribution < 1.29 is 24.2 Å². The maximum absolute atomic E-state index is 12.5. The summed E-state index contributed by atoms with van der Waals surface area (Å²) >= 11 is 0. The summed E-state index contributed by atoms with van der Waals surface area (Å²) in [5.41, 5.74) is 3.78. The molecule has 2 unspecified atom stereocenters. The number of nitrogens with zero attached hydrogens (tertiary/aromatic N) is 1. The van der Waals surface area contributed by atoms with Crippen LogP contribution in [0.15, 0.2) is 84.9 Å². The Kier molecular flexibility index (Phi) is 6.42. The molecule has 182 valence electrons. The van der Waals surface area contributed by atoms with E-state index >= 15 is 0 Å². The zero-order chi connectivity index (χ0) is 25.1. The van der Waals surface area contributed by atoms with Crippen LogP contribution in [0.25, 0.3) is 22.2 Å². The van der Waals surface area contributed by atoms with E-state index in [1.165, 1.54) is 0 Å². The largest absolute Gasteiger partial charge is 0.489 e. The fourth-order valence-corrected chi connectivity index (χ4v) is 4.75. The molecule has 3 aromatic carbocycles. The lowest BCUT2D eigenvalue weighted by Gasteiger charge is -2.16. The van der Waals surface area contributed by atoms with Crippen LogP contribution >= 0.6 is 0 Å². The number of aliphatic carboxylic acids is 1. The Bertz CT molecular complexity index is 1400. The van der Waals surface area contributed by atoms with Crippen LogP contribution in [0.1, 0.15) is 24.5 Å². The maximum Gasteiger partial charge on any atom is 0.313 e. The van der Waals surface area contributed by atoms with Gasteiger partial charge in [-0.15, -0.1) is 0 Å². The Balaban J connectivity index is 1.33. The van der Waals surface area contributed by atoms with Crippen molar-refractivity contribution >= 4 is 22.8 Å². The van der Waals surface area contributed by atoms with Crippen LogP contribution in [-0.2, 0) is 27.4 Å². The van der Waals surface area contributed by atoms with Gasteiger partial charge >= 0.3 is 11.9 Å². The van der Waals surface area contributed by atoms with Gasteiger partial charge in [0.15, 0.2) is 0 Å². The van der Waals surface area contributed by atoms with Crippen LogP contribution in [0.3, 0.4) is 0 Å². The highest BCUT2D eigenvalue weighted by Crippen LogP contribution is 2.56. The second-order valence-corrected chi connectivity index (χ2v) is 9.13. The second-order valence-electron chi connectivity index (χ2n) is 9.13. The second kappa shape index (κ2) is 9.82. The van der Waals surface area contributed by atoms with Crippen LogP contribution in [-0.4, -0.2) is 28.6 Å².